The molecule has 0 radical (unpaired) electrons. The predicted octanol–water partition coefficient (Wildman–Crippen LogP) is 5.08. The standard InChI is InChI=1S/C14H9F12NO2/c1-29-7-4-2-3-6(5-7)27-9(28)11(19,20)13(23,24)14(25,26)12(21,22)10(17,18)8(15)16/h2-5,8H,1H3,(H,27,28). The number of anilines is 1. The van der Waals surface area contributed by atoms with Crippen molar-refractivity contribution in [1.29, 1.82) is 0 Å². The van der Waals surface area contributed by atoms with Gasteiger partial charge in [-0.1, -0.05) is 6.07 Å². The first kappa shape index (κ1) is 24.7. The zero-order valence-corrected chi connectivity index (χ0v) is 13.7. The third-order valence-corrected chi connectivity index (χ3v) is 3.49. The van der Waals surface area contributed by atoms with Crippen molar-refractivity contribution >= 4 is 11.6 Å². The van der Waals surface area contributed by atoms with E-state index in [9.17, 15) is 57.5 Å². The molecule has 0 spiro atoms. The first-order chi connectivity index (χ1) is 12.9. The van der Waals surface area contributed by atoms with E-state index in [0.29, 0.717) is 0 Å². The summed E-state index contributed by atoms with van der Waals surface area (Å²) in [6, 6.07) is 3.68. The Morgan fingerprint density at radius 1 is 0.897 bits per heavy atom. The van der Waals surface area contributed by atoms with Gasteiger partial charge in [0, 0.05) is 11.8 Å². The number of alkyl halides is 12. The van der Waals surface area contributed by atoms with Crippen molar-refractivity contribution in [3.63, 3.8) is 0 Å². The average molecular weight is 451 g/mol. The minimum atomic E-state index is -7.77. The summed E-state index contributed by atoms with van der Waals surface area (Å²) < 4.78 is 161. The molecular formula is C14H9F12NO2. The number of hydrogen-bond donors (Lipinski definition) is 1. The lowest BCUT2D eigenvalue weighted by Crippen LogP contribution is -2.70. The fraction of sp³-hybridized carbons (Fsp3) is 0.500. The number of hydrogen-bond acceptors (Lipinski definition) is 2. The Hall–Kier alpha value is -2.35. The molecule has 3 nitrogen and oxygen atoms in total. The Morgan fingerprint density at radius 3 is 1.86 bits per heavy atom. The molecule has 0 aliphatic heterocycles. The number of nitrogens with one attached hydrogen (secondary N) is 1. The molecule has 1 aromatic rings. The number of ether oxygens (including phenoxy) is 1. The van der Waals surface area contributed by atoms with Crippen molar-refractivity contribution in [1.82, 2.24) is 0 Å². The van der Waals surface area contributed by atoms with E-state index in [2.05, 4.69) is 4.74 Å². The van der Waals surface area contributed by atoms with Crippen LogP contribution in [0, 0.1) is 0 Å². The van der Waals surface area contributed by atoms with Crippen molar-refractivity contribution in [2.45, 2.75) is 36.0 Å². The molecule has 0 unspecified atom stereocenters. The summed E-state index contributed by atoms with van der Waals surface area (Å²) in [5, 5.41) is 0.985. The van der Waals surface area contributed by atoms with Gasteiger partial charge in [0.25, 0.3) is 0 Å². The fourth-order valence-corrected chi connectivity index (χ4v) is 1.79. The van der Waals surface area contributed by atoms with Gasteiger partial charge in [-0.25, -0.2) is 8.78 Å². The maximum absolute atomic E-state index is 13.6. The van der Waals surface area contributed by atoms with Crippen LogP contribution in [0.2, 0.25) is 0 Å². The van der Waals surface area contributed by atoms with E-state index in [1.54, 1.807) is 0 Å². The topological polar surface area (TPSA) is 38.3 Å². The Labute approximate surface area is 153 Å². The Bertz CT molecular complexity index is 750. The number of amides is 1. The highest BCUT2D eigenvalue weighted by molar-refractivity contribution is 5.97. The summed E-state index contributed by atoms with van der Waals surface area (Å²) in [5.41, 5.74) is -0.752. The molecular weight excluding hydrogens is 442 g/mol. The highest BCUT2D eigenvalue weighted by Crippen LogP contribution is 2.58. The van der Waals surface area contributed by atoms with Crippen molar-refractivity contribution < 1.29 is 62.2 Å². The monoisotopic (exact) mass is 451 g/mol. The first-order valence-electron chi connectivity index (χ1n) is 7.00. The van der Waals surface area contributed by atoms with E-state index in [-0.39, 0.29) is 5.75 Å². The highest BCUT2D eigenvalue weighted by atomic mass is 19.4. The van der Waals surface area contributed by atoms with Crippen LogP contribution >= 0.6 is 0 Å². The quantitative estimate of drug-likeness (QED) is 0.561. The summed E-state index contributed by atoms with van der Waals surface area (Å²) in [5.74, 6) is -40.2. The molecule has 1 rings (SSSR count). The second kappa shape index (κ2) is 7.48. The van der Waals surface area contributed by atoms with Crippen LogP contribution in [-0.4, -0.2) is 49.1 Å². The predicted molar refractivity (Wildman–Crippen MR) is 72.4 cm³/mol. The van der Waals surface area contributed by atoms with Gasteiger partial charge in [-0.2, -0.15) is 43.9 Å². The molecule has 1 amide bonds. The maximum atomic E-state index is 13.6. The molecule has 0 heterocycles. The number of halogens is 12. The van der Waals surface area contributed by atoms with E-state index < -0.39 is 47.6 Å². The van der Waals surface area contributed by atoms with E-state index in [1.807, 2.05) is 0 Å². The molecule has 15 heteroatoms. The zero-order chi connectivity index (χ0) is 23.1. The molecule has 0 aliphatic rings. The number of rotatable bonds is 8. The van der Waals surface area contributed by atoms with Gasteiger partial charge in [0.2, 0.25) is 0 Å². The van der Waals surface area contributed by atoms with Crippen LogP contribution in [0.4, 0.5) is 58.4 Å². The van der Waals surface area contributed by atoms with E-state index in [1.165, 1.54) is 6.07 Å². The minimum Gasteiger partial charge on any atom is -0.497 e. The van der Waals surface area contributed by atoms with Gasteiger partial charge in [0.15, 0.2) is 0 Å². The summed E-state index contributed by atoms with van der Waals surface area (Å²) in [7, 11) is 1.05. The molecule has 0 saturated heterocycles. The van der Waals surface area contributed by atoms with Crippen LogP contribution < -0.4 is 10.1 Å². The lowest BCUT2D eigenvalue weighted by molar-refractivity contribution is -0.406. The molecule has 0 fully saturated rings. The molecule has 0 aliphatic carbocycles. The highest BCUT2D eigenvalue weighted by Gasteiger charge is 2.89. The Balaban J connectivity index is 3.33. The minimum absolute atomic E-state index is 0.147. The van der Waals surface area contributed by atoms with Gasteiger partial charge in [-0.05, 0) is 12.1 Å². The second-order valence-corrected chi connectivity index (χ2v) is 5.41. The van der Waals surface area contributed by atoms with E-state index in [4.69, 9.17) is 0 Å². The normalized spacial score (nSPS) is 14.1. The summed E-state index contributed by atoms with van der Waals surface area (Å²) in [6.07, 6.45) is -5.61. The van der Waals surface area contributed by atoms with E-state index >= 15 is 0 Å². The molecule has 0 saturated carbocycles. The van der Waals surface area contributed by atoms with Gasteiger partial charge < -0.3 is 10.1 Å². The van der Waals surface area contributed by atoms with Crippen molar-refractivity contribution in [2.24, 2.45) is 0 Å². The lowest BCUT2D eigenvalue weighted by atomic mass is 9.94. The van der Waals surface area contributed by atoms with E-state index in [0.717, 1.165) is 30.6 Å². The number of benzene rings is 1. The van der Waals surface area contributed by atoms with Crippen LogP contribution in [0.25, 0.3) is 0 Å². The van der Waals surface area contributed by atoms with Crippen LogP contribution in [0.1, 0.15) is 0 Å². The molecule has 1 N–H and O–H groups in total. The van der Waals surface area contributed by atoms with Crippen LogP contribution in [0.5, 0.6) is 5.75 Å². The smallest absolute Gasteiger partial charge is 0.393 e. The van der Waals surface area contributed by atoms with Crippen LogP contribution in [0.15, 0.2) is 24.3 Å². The molecule has 29 heavy (non-hydrogen) atoms. The van der Waals surface area contributed by atoms with Gasteiger partial charge in [0.1, 0.15) is 5.75 Å². The Kier molecular flexibility index (Phi) is 6.37. The number of methoxy groups -OCH3 is 1. The van der Waals surface area contributed by atoms with Crippen molar-refractivity contribution in [3.8, 4) is 5.75 Å². The second-order valence-electron chi connectivity index (χ2n) is 5.41. The summed E-state index contributed by atoms with van der Waals surface area (Å²) >= 11 is 0. The SMILES string of the molecule is COc1cccc(NC(=O)C(F)(F)C(F)(F)C(F)(F)C(F)(F)C(F)(F)C(F)F)c1. The summed E-state index contributed by atoms with van der Waals surface area (Å²) in [6.45, 7) is 0. The first-order valence-corrected chi connectivity index (χ1v) is 7.00. The number of carbonyl (C=O) groups excluding carboxylic acids is 1. The van der Waals surface area contributed by atoms with Gasteiger partial charge in [-0.3, -0.25) is 4.79 Å². The third-order valence-electron chi connectivity index (χ3n) is 3.49. The molecule has 0 aromatic heterocycles. The van der Waals surface area contributed by atoms with Gasteiger partial charge in [0.05, 0.1) is 7.11 Å². The van der Waals surface area contributed by atoms with Crippen molar-refractivity contribution in [3.05, 3.63) is 24.3 Å². The average Bonchev–Trinajstić information content (AvgIpc) is 2.60. The number of carbonyl (C=O) groups is 1. The molecule has 0 atom stereocenters. The van der Waals surface area contributed by atoms with Gasteiger partial charge in [-0.15, -0.1) is 0 Å². The molecule has 0 bridgehead atoms. The molecule has 1 aromatic carbocycles. The van der Waals surface area contributed by atoms with Crippen LogP contribution in [0.3, 0.4) is 0 Å². The third kappa shape index (κ3) is 3.77. The fourth-order valence-electron chi connectivity index (χ4n) is 1.79. The lowest BCUT2D eigenvalue weighted by Gasteiger charge is -2.38. The summed E-state index contributed by atoms with van der Waals surface area (Å²) in [4.78, 5) is 11.3. The van der Waals surface area contributed by atoms with Crippen LogP contribution in [-0.2, 0) is 4.79 Å². The van der Waals surface area contributed by atoms with Crippen molar-refractivity contribution in [2.75, 3.05) is 12.4 Å². The Morgan fingerprint density at radius 2 is 1.41 bits per heavy atom. The van der Waals surface area contributed by atoms with Gasteiger partial charge >= 0.3 is 41.9 Å². The zero-order valence-electron chi connectivity index (χ0n) is 13.7. The molecule has 166 valence electrons. The maximum Gasteiger partial charge on any atom is 0.393 e. The largest absolute Gasteiger partial charge is 0.497 e.